The number of carbonyl (C=O) groups excluding carboxylic acids is 1. The minimum absolute atomic E-state index is 0. The zero-order valence-electron chi connectivity index (χ0n) is 13.2. The maximum absolute atomic E-state index is 11.5. The zero-order chi connectivity index (χ0) is 16.1. The van der Waals surface area contributed by atoms with E-state index in [1.165, 1.54) is 5.56 Å². The third-order valence-corrected chi connectivity index (χ3v) is 4.01. The number of hydrogen-bond donors (Lipinski definition) is 3. The van der Waals surface area contributed by atoms with Crippen molar-refractivity contribution in [3.63, 3.8) is 0 Å². The second-order valence-corrected chi connectivity index (χ2v) is 5.76. The SMILES string of the molecule is CNC(=O)C1CN(Cc2ccc(OCC3=CC=CNN3)cc2)C1.[HH]. The van der Waals surface area contributed by atoms with Gasteiger partial charge in [-0.25, -0.2) is 0 Å². The van der Waals surface area contributed by atoms with Crippen molar-refractivity contribution in [2.24, 2.45) is 5.92 Å². The normalized spacial score (nSPS) is 17.5. The van der Waals surface area contributed by atoms with E-state index < -0.39 is 0 Å². The van der Waals surface area contributed by atoms with Crippen LogP contribution < -0.4 is 20.9 Å². The van der Waals surface area contributed by atoms with E-state index in [2.05, 4.69) is 33.2 Å². The minimum atomic E-state index is 0. The molecule has 0 aromatic heterocycles. The minimum Gasteiger partial charge on any atom is -0.487 e. The van der Waals surface area contributed by atoms with Crippen LogP contribution >= 0.6 is 0 Å². The molecule has 6 heteroatoms. The molecule has 1 aromatic carbocycles. The molecule has 0 atom stereocenters. The quantitative estimate of drug-likeness (QED) is 0.730. The van der Waals surface area contributed by atoms with Gasteiger partial charge in [0.05, 0.1) is 11.6 Å². The summed E-state index contributed by atoms with van der Waals surface area (Å²) in [6, 6.07) is 8.11. The molecule has 1 amide bonds. The first-order valence-corrected chi connectivity index (χ1v) is 7.77. The predicted octanol–water partition coefficient (Wildman–Crippen LogP) is 0.995. The highest BCUT2D eigenvalue weighted by atomic mass is 16.5. The average molecular weight is 316 g/mol. The standard InChI is InChI=1S/C17H22N4O2.H2/c1-18-17(22)14-10-21(11-14)9-13-4-6-16(7-5-13)23-12-15-3-2-8-19-20-15;/h2-8,14,19-20H,9-12H2,1H3,(H,18,22);1H. The van der Waals surface area contributed by atoms with Gasteiger partial charge in [-0.05, 0) is 29.8 Å². The van der Waals surface area contributed by atoms with Gasteiger partial charge in [0, 0.05) is 34.3 Å². The van der Waals surface area contributed by atoms with Crippen LogP contribution in [-0.4, -0.2) is 37.6 Å². The Morgan fingerprint density at radius 2 is 2.17 bits per heavy atom. The molecule has 0 saturated carbocycles. The summed E-state index contributed by atoms with van der Waals surface area (Å²) in [5.74, 6) is 1.12. The van der Waals surface area contributed by atoms with E-state index in [0.717, 1.165) is 31.1 Å². The Kier molecular flexibility index (Phi) is 4.83. The lowest BCUT2D eigenvalue weighted by molar-refractivity contribution is -0.129. The Bertz CT molecular complexity index is 610. The van der Waals surface area contributed by atoms with Crippen LogP contribution in [0.2, 0.25) is 0 Å². The molecule has 23 heavy (non-hydrogen) atoms. The molecule has 3 rings (SSSR count). The van der Waals surface area contributed by atoms with E-state index in [9.17, 15) is 4.79 Å². The molecule has 0 unspecified atom stereocenters. The van der Waals surface area contributed by atoms with Gasteiger partial charge < -0.3 is 20.9 Å². The van der Waals surface area contributed by atoms with Gasteiger partial charge in [-0.15, -0.1) is 0 Å². The van der Waals surface area contributed by atoms with Crippen molar-refractivity contribution in [2.45, 2.75) is 6.54 Å². The summed E-state index contributed by atoms with van der Waals surface area (Å²) >= 11 is 0. The molecular formula is C17H24N4O2. The average Bonchev–Trinajstić information content (AvgIpc) is 2.57. The van der Waals surface area contributed by atoms with E-state index >= 15 is 0 Å². The lowest BCUT2D eigenvalue weighted by Gasteiger charge is -2.38. The topological polar surface area (TPSA) is 65.6 Å². The summed E-state index contributed by atoms with van der Waals surface area (Å²) in [7, 11) is 1.69. The molecule has 6 nitrogen and oxygen atoms in total. The van der Waals surface area contributed by atoms with Crippen LogP contribution in [0.5, 0.6) is 5.75 Å². The van der Waals surface area contributed by atoms with Crippen LogP contribution in [0.3, 0.4) is 0 Å². The number of nitrogens with one attached hydrogen (secondary N) is 3. The predicted molar refractivity (Wildman–Crippen MR) is 90.4 cm³/mol. The van der Waals surface area contributed by atoms with Crippen LogP contribution in [0, 0.1) is 5.92 Å². The second kappa shape index (κ2) is 7.19. The first-order valence-electron chi connectivity index (χ1n) is 7.77. The lowest BCUT2D eigenvalue weighted by atomic mass is 9.98. The van der Waals surface area contributed by atoms with E-state index in [0.29, 0.717) is 6.61 Å². The summed E-state index contributed by atoms with van der Waals surface area (Å²) in [4.78, 5) is 13.7. The Balaban J connectivity index is 0.00000208. The fourth-order valence-electron chi connectivity index (χ4n) is 2.65. The monoisotopic (exact) mass is 316 g/mol. The molecule has 0 aliphatic carbocycles. The number of allylic oxidation sites excluding steroid dienone is 2. The van der Waals surface area contributed by atoms with Crippen molar-refractivity contribution in [3.8, 4) is 5.75 Å². The number of hydrogen-bond acceptors (Lipinski definition) is 5. The van der Waals surface area contributed by atoms with Crippen molar-refractivity contribution < 1.29 is 11.0 Å². The van der Waals surface area contributed by atoms with Crippen molar-refractivity contribution in [1.82, 2.24) is 21.1 Å². The van der Waals surface area contributed by atoms with Gasteiger partial charge in [-0.2, -0.15) is 0 Å². The first kappa shape index (κ1) is 15.4. The zero-order valence-corrected chi connectivity index (χ0v) is 13.2. The van der Waals surface area contributed by atoms with Crippen LogP contribution in [-0.2, 0) is 11.3 Å². The maximum atomic E-state index is 11.5. The molecule has 2 aliphatic heterocycles. The van der Waals surface area contributed by atoms with Gasteiger partial charge >= 0.3 is 0 Å². The van der Waals surface area contributed by atoms with E-state index in [1.54, 1.807) is 7.05 Å². The number of ether oxygens (including phenoxy) is 1. The second-order valence-electron chi connectivity index (χ2n) is 5.76. The van der Waals surface area contributed by atoms with E-state index in [1.807, 2.05) is 30.5 Å². The highest BCUT2D eigenvalue weighted by Crippen LogP contribution is 2.20. The van der Waals surface area contributed by atoms with Crippen molar-refractivity contribution in [2.75, 3.05) is 26.7 Å². The number of likely N-dealkylation sites (tertiary alicyclic amines) is 1. The Morgan fingerprint density at radius 3 is 2.83 bits per heavy atom. The number of benzene rings is 1. The largest absolute Gasteiger partial charge is 0.487 e. The molecule has 2 aliphatic rings. The number of carbonyl (C=O) groups is 1. The maximum Gasteiger partial charge on any atom is 0.225 e. The van der Waals surface area contributed by atoms with Gasteiger partial charge in [0.15, 0.2) is 0 Å². The summed E-state index contributed by atoms with van der Waals surface area (Å²) in [6.07, 6.45) is 5.72. The van der Waals surface area contributed by atoms with Crippen molar-refractivity contribution in [1.29, 1.82) is 0 Å². The van der Waals surface area contributed by atoms with Gasteiger partial charge in [0.25, 0.3) is 0 Å². The summed E-state index contributed by atoms with van der Waals surface area (Å²) in [6.45, 7) is 3.03. The smallest absolute Gasteiger partial charge is 0.225 e. The fourth-order valence-corrected chi connectivity index (χ4v) is 2.65. The van der Waals surface area contributed by atoms with Crippen molar-refractivity contribution in [3.05, 3.63) is 53.9 Å². The highest BCUT2D eigenvalue weighted by molar-refractivity contribution is 5.79. The number of hydrazine groups is 1. The Labute approximate surface area is 137 Å². The van der Waals surface area contributed by atoms with Gasteiger partial charge in [0.1, 0.15) is 12.4 Å². The summed E-state index contributed by atoms with van der Waals surface area (Å²) in [5, 5.41) is 2.70. The van der Waals surface area contributed by atoms with Crippen LogP contribution in [0.1, 0.15) is 6.99 Å². The highest BCUT2D eigenvalue weighted by Gasteiger charge is 2.31. The molecule has 1 saturated heterocycles. The van der Waals surface area contributed by atoms with Crippen LogP contribution in [0.15, 0.2) is 48.3 Å². The third-order valence-electron chi connectivity index (χ3n) is 4.01. The summed E-state index contributed by atoms with van der Waals surface area (Å²) < 4.78 is 5.74. The Hall–Kier alpha value is -2.47. The summed E-state index contributed by atoms with van der Waals surface area (Å²) in [5.41, 5.74) is 8.15. The fraction of sp³-hybridized carbons (Fsp3) is 0.353. The van der Waals surface area contributed by atoms with Crippen LogP contribution in [0.25, 0.3) is 0 Å². The van der Waals surface area contributed by atoms with E-state index in [-0.39, 0.29) is 13.3 Å². The molecule has 0 radical (unpaired) electrons. The molecule has 0 bridgehead atoms. The van der Waals surface area contributed by atoms with Crippen molar-refractivity contribution >= 4 is 5.91 Å². The molecular weight excluding hydrogens is 292 g/mol. The molecule has 1 aromatic rings. The molecule has 124 valence electrons. The van der Waals surface area contributed by atoms with Crippen LogP contribution in [0.4, 0.5) is 0 Å². The van der Waals surface area contributed by atoms with Gasteiger partial charge in [-0.1, -0.05) is 12.1 Å². The Morgan fingerprint density at radius 1 is 1.39 bits per heavy atom. The lowest BCUT2D eigenvalue weighted by Crippen LogP contribution is -2.52. The molecule has 2 heterocycles. The number of rotatable bonds is 6. The molecule has 0 spiro atoms. The molecule has 1 fully saturated rings. The van der Waals surface area contributed by atoms with Gasteiger partial charge in [0.2, 0.25) is 5.91 Å². The molecule has 3 N–H and O–H groups in total. The number of nitrogens with zero attached hydrogens (tertiary/aromatic N) is 1. The number of amides is 1. The van der Waals surface area contributed by atoms with E-state index in [4.69, 9.17) is 4.74 Å². The van der Waals surface area contributed by atoms with Gasteiger partial charge in [-0.3, -0.25) is 9.69 Å². The first-order chi connectivity index (χ1) is 11.2. The third kappa shape index (κ3) is 4.04.